The largest absolute Gasteiger partial charge is 0.456 e. The van der Waals surface area contributed by atoms with Gasteiger partial charge in [0.15, 0.2) is 0 Å². The second-order valence-electron chi connectivity index (χ2n) is 4.58. The quantitative estimate of drug-likeness (QED) is 0.545. The predicted octanol–water partition coefficient (Wildman–Crippen LogP) is 4.47. The van der Waals surface area contributed by atoms with Crippen LogP contribution in [0.2, 0.25) is 0 Å². The topological polar surface area (TPSA) is 9.23 Å². The smallest absolute Gasteiger partial charge is 0.135 e. The van der Waals surface area contributed by atoms with Crippen molar-refractivity contribution in [1.29, 1.82) is 0 Å². The zero-order valence-corrected chi connectivity index (χ0v) is 10.1. The Hall–Kier alpha value is -2.02. The first-order valence-electron chi connectivity index (χ1n) is 5.74. The molecule has 1 nitrogen and oxygen atoms in total. The highest BCUT2D eigenvalue weighted by molar-refractivity contribution is 5.86. The molecule has 1 aliphatic rings. The summed E-state index contributed by atoms with van der Waals surface area (Å²) >= 11 is 0. The van der Waals surface area contributed by atoms with Gasteiger partial charge in [-0.05, 0) is 43.2 Å². The minimum Gasteiger partial charge on any atom is -0.456 e. The van der Waals surface area contributed by atoms with Crippen LogP contribution in [-0.4, -0.2) is 0 Å². The molecule has 0 fully saturated rings. The van der Waals surface area contributed by atoms with E-state index in [1.54, 1.807) is 0 Å². The highest BCUT2D eigenvalue weighted by Gasteiger charge is 2.20. The minimum absolute atomic E-state index is 0.902. The summed E-state index contributed by atoms with van der Waals surface area (Å²) in [6.45, 7) is 8.34. The normalized spacial score (nSPS) is 12.7. The van der Waals surface area contributed by atoms with E-state index in [1.807, 2.05) is 6.07 Å². The molecule has 0 spiro atoms. The monoisotopic (exact) mass is 222 g/mol. The van der Waals surface area contributed by atoms with Gasteiger partial charge in [-0.1, -0.05) is 30.3 Å². The van der Waals surface area contributed by atoms with Gasteiger partial charge in [-0.15, -0.1) is 0 Å². The van der Waals surface area contributed by atoms with Crippen LogP contribution >= 0.6 is 0 Å². The maximum absolute atomic E-state index is 5.92. The van der Waals surface area contributed by atoms with Gasteiger partial charge >= 0.3 is 0 Å². The van der Waals surface area contributed by atoms with Crippen molar-refractivity contribution in [3.8, 4) is 11.5 Å². The number of benzene rings is 2. The van der Waals surface area contributed by atoms with Crippen LogP contribution in [0.25, 0.3) is 5.57 Å². The Morgan fingerprint density at radius 2 is 1.53 bits per heavy atom. The zero-order valence-electron chi connectivity index (χ0n) is 10.1. The van der Waals surface area contributed by atoms with E-state index in [0.717, 1.165) is 28.2 Å². The van der Waals surface area contributed by atoms with E-state index in [-0.39, 0.29) is 0 Å². The molecule has 0 bridgehead atoms. The summed E-state index contributed by atoms with van der Waals surface area (Å²) in [5.74, 6) is 1.81. The van der Waals surface area contributed by atoms with Crippen LogP contribution < -0.4 is 4.74 Å². The number of hydrogen-bond donors (Lipinski definition) is 0. The summed E-state index contributed by atoms with van der Waals surface area (Å²) in [5, 5.41) is 0. The lowest BCUT2D eigenvalue weighted by Gasteiger charge is -2.22. The standard InChI is InChI=1S/C16H14O/c1-10-5-7-15-14(8-10)12(3)13-6-4-11(2)9-16(13)17-15/h4-9H,3H2,1-2H3. The van der Waals surface area contributed by atoms with Crippen LogP contribution in [0.5, 0.6) is 11.5 Å². The first-order valence-corrected chi connectivity index (χ1v) is 5.74. The lowest BCUT2D eigenvalue weighted by molar-refractivity contribution is 0.473. The predicted molar refractivity (Wildman–Crippen MR) is 70.6 cm³/mol. The highest BCUT2D eigenvalue weighted by Crippen LogP contribution is 2.43. The van der Waals surface area contributed by atoms with Crippen molar-refractivity contribution in [3.05, 3.63) is 65.2 Å². The molecular formula is C16H14O. The molecule has 2 aromatic carbocycles. The Labute approximate surface area is 101 Å². The SMILES string of the molecule is C=C1c2ccc(C)cc2Oc2ccc(C)cc21. The molecule has 0 atom stereocenters. The van der Waals surface area contributed by atoms with Crippen molar-refractivity contribution >= 4 is 5.57 Å². The molecule has 84 valence electrons. The molecule has 0 saturated carbocycles. The van der Waals surface area contributed by atoms with E-state index in [0.29, 0.717) is 0 Å². The van der Waals surface area contributed by atoms with E-state index in [2.05, 4.69) is 50.8 Å². The second-order valence-corrected chi connectivity index (χ2v) is 4.58. The number of fused-ring (bicyclic) bond motifs is 2. The molecule has 0 N–H and O–H groups in total. The lowest BCUT2D eigenvalue weighted by atomic mass is 9.93. The van der Waals surface area contributed by atoms with Crippen molar-refractivity contribution in [2.24, 2.45) is 0 Å². The van der Waals surface area contributed by atoms with Gasteiger partial charge in [-0.25, -0.2) is 0 Å². The van der Waals surface area contributed by atoms with E-state index < -0.39 is 0 Å². The van der Waals surface area contributed by atoms with Crippen LogP contribution in [0, 0.1) is 13.8 Å². The van der Waals surface area contributed by atoms with Gasteiger partial charge in [-0.3, -0.25) is 0 Å². The first kappa shape index (κ1) is 10.2. The molecule has 3 rings (SSSR count). The van der Waals surface area contributed by atoms with Crippen LogP contribution in [0.3, 0.4) is 0 Å². The molecule has 17 heavy (non-hydrogen) atoms. The van der Waals surface area contributed by atoms with Crippen LogP contribution in [0.4, 0.5) is 0 Å². The van der Waals surface area contributed by atoms with Crippen molar-refractivity contribution < 1.29 is 4.74 Å². The molecule has 0 amide bonds. The van der Waals surface area contributed by atoms with Crippen LogP contribution in [0.1, 0.15) is 22.3 Å². The maximum Gasteiger partial charge on any atom is 0.135 e. The molecule has 0 saturated heterocycles. The van der Waals surface area contributed by atoms with Gasteiger partial charge in [-0.2, -0.15) is 0 Å². The Morgan fingerprint density at radius 3 is 2.35 bits per heavy atom. The van der Waals surface area contributed by atoms with Crippen molar-refractivity contribution in [1.82, 2.24) is 0 Å². The Balaban J connectivity index is 2.21. The van der Waals surface area contributed by atoms with E-state index in [4.69, 9.17) is 4.74 Å². The molecule has 2 aromatic rings. The summed E-state index contributed by atoms with van der Waals surface area (Å²) in [7, 11) is 0. The van der Waals surface area contributed by atoms with E-state index in [1.165, 1.54) is 11.1 Å². The van der Waals surface area contributed by atoms with Gasteiger partial charge in [0.1, 0.15) is 11.5 Å². The summed E-state index contributed by atoms with van der Waals surface area (Å²) in [4.78, 5) is 0. The maximum atomic E-state index is 5.92. The molecular weight excluding hydrogens is 208 g/mol. The van der Waals surface area contributed by atoms with Crippen molar-refractivity contribution in [2.45, 2.75) is 13.8 Å². The Morgan fingerprint density at radius 1 is 0.824 bits per heavy atom. The van der Waals surface area contributed by atoms with Crippen LogP contribution in [-0.2, 0) is 0 Å². The fourth-order valence-corrected chi connectivity index (χ4v) is 2.20. The Bertz CT molecular complexity index is 623. The summed E-state index contributed by atoms with van der Waals surface area (Å²) in [5.41, 5.74) is 5.66. The molecule has 1 aliphatic heterocycles. The minimum atomic E-state index is 0.902. The van der Waals surface area contributed by atoms with Gasteiger partial charge in [0.2, 0.25) is 0 Å². The summed E-state index contributed by atoms with van der Waals surface area (Å²) in [6.07, 6.45) is 0. The van der Waals surface area contributed by atoms with Gasteiger partial charge in [0.05, 0.1) is 0 Å². The summed E-state index contributed by atoms with van der Waals surface area (Å²) in [6, 6.07) is 12.4. The third-order valence-electron chi connectivity index (χ3n) is 3.14. The molecule has 0 radical (unpaired) electrons. The van der Waals surface area contributed by atoms with Crippen molar-refractivity contribution in [3.63, 3.8) is 0 Å². The van der Waals surface area contributed by atoms with Gasteiger partial charge < -0.3 is 4.74 Å². The second kappa shape index (κ2) is 3.49. The Kier molecular flexibility index (Phi) is 2.08. The fraction of sp³-hybridized carbons (Fsp3) is 0.125. The molecule has 1 heteroatoms. The van der Waals surface area contributed by atoms with Crippen LogP contribution in [0.15, 0.2) is 43.0 Å². The summed E-state index contributed by atoms with van der Waals surface area (Å²) < 4.78 is 5.92. The third-order valence-corrected chi connectivity index (χ3v) is 3.14. The molecule has 0 aromatic heterocycles. The fourth-order valence-electron chi connectivity index (χ4n) is 2.20. The number of aryl methyl sites for hydroxylation is 2. The van der Waals surface area contributed by atoms with E-state index in [9.17, 15) is 0 Å². The molecule has 0 unspecified atom stereocenters. The average Bonchev–Trinajstić information content (AvgIpc) is 2.30. The highest BCUT2D eigenvalue weighted by atomic mass is 16.5. The average molecular weight is 222 g/mol. The van der Waals surface area contributed by atoms with Gasteiger partial charge in [0.25, 0.3) is 0 Å². The molecule has 1 heterocycles. The third kappa shape index (κ3) is 1.55. The number of rotatable bonds is 0. The van der Waals surface area contributed by atoms with Gasteiger partial charge in [0, 0.05) is 11.1 Å². The van der Waals surface area contributed by atoms with E-state index >= 15 is 0 Å². The zero-order chi connectivity index (χ0) is 12.0. The number of ether oxygens (including phenoxy) is 1. The number of hydrogen-bond acceptors (Lipinski definition) is 1. The first-order chi connectivity index (χ1) is 8.15. The van der Waals surface area contributed by atoms with Crippen molar-refractivity contribution in [2.75, 3.05) is 0 Å². The lowest BCUT2D eigenvalue weighted by Crippen LogP contribution is -2.02. The molecule has 0 aliphatic carbocycles.